The average Bonchev–Trinajstić information content (AvgIpc) is 2.34. The summed E-state index contributed by atoms with van der Waals surface area (Å²) in [4.78, 5) is 0. The predicted octanol–water partition coefficient (Wildman–Crippen LogP) is 5.12. The summed E-state index contributed by atoms with van der Waals surface area (Å²) in [6.45, 7) is 11.6. The van der Waals surface area contributed by atoms with Gasteiger partial charge in [0.25, 0.3) is 0 Å². The van der Waals surface area contributed by atoms with Crippen LogP contribution in [-0.4, -0.2) is 11.0 Å². The number of thioether (sulfide) groups is 1. The van der Waals surface area contributed by atoms with Crippen LogP contribution in [0.15, 0.2) is 0 Å². The molecular weight excluding hydrogens is 238 g/mol. The standard InChI is InChI=1S/C16H29NS/c1-6-12(2)11-18-15-9-14(16(3,4)5)8-7-13(15)10-17/h12-15H,6-9,11H2,1-5H3. The van der Waals surface area contributed by atoms with Crippen LogP contribution in [0.4, 0.5) is 0 Å². The summed E-state index contributed by atoms with van der Waals surface area (Å²) in [5, 5.41) is 9.88. The number of hydrogen-bond donors (Lipinski definition) is 0. The summed E-state index contributed by atoms with van der Waals surface area (Å²) in [5.41, 5.74) is 0.398. The van der Waals surface area contributed by atoms with Gasteiger partial charge in [0.1, 0.15) is 0 Å². The Hall–Kier alpha value is -0.160. The van der Waals surface area contributed by atoms with E-state index >= 15 is 0 Å². The van der Waals surface area contributed by atoms with Gasteiger partial charge in [-0.25, -0.2) is 0 Å². The van der Waals surface area contributed by atoms with Crippen LogP contribution >= 0.6 is 11.8 Å². The highest BCUT2D eigenvalue weighted by Crippen LogP contribution is 2.44. The molecule has 0 aliphatic heterocycles. The Balaban J connectivity index is 2.57. The van der Waals surface area contributed by atoms with Gasteiger partial charge in [-0.2, -0.15) is 17.0 Å². The Morgan fingerprint density at radius 3 is 2.50 bits per heavy atom. The highest BCUT2D eigenvalue weighted by molar-refractivity contribution is 7.99. The SMILES string of the molecule is CCC(C)CSC1CC(C(C)(C)C)CCC1C#N. The Morgan fingerprint density at radius 1 is 1.33 bits per heavy atom. The summed E-state index contributed by atoms with van der Waals surface area (Å²) < 4.78 is 0. The maximum absolute atomic E-state index is 9.31. The topological polar surface area (TPSA) is 23.8 Å². The van der Waals surface area contributed by atoms with E-state index in [0.29, 0.717) is 10.7 Å². The normalized spacial score (nSPS) is 30.8. The smallest absolute Gasteiger partial charge is 0.0667 e. The van der Waals surface area contributed by atoms with Gasteiger partial charge >= 0.3 is 0 Å². The Morgan fingerprint density at radius 2 is 2.00 bits per heavy atom. The van der Waals surface area contributed by atoms with Crippen molar-refractivity contribution in [3.63, 3.8) is 0 Å². The summed E-state index contributed by atoms with van der Waals surface area (Å²) >= 11 is 2.06. The zero-order valence-electron chi connectivity index (χ0n) is 12.7. The van der Waals surface area contributed by atoms with Crippen molar-refractivity contribution in [3.05, 3.63) is 0 Å². The molecule has 0 aromatic rings. The number of rotatable bonds is 4. The number of nitrogens with zero attached hydrogens (tertiary/aromatic N) is 1. The third-order valence-corrected chi connectivity index (χ3v) is 6.18. The van der Waals surface area contributed by atoms with E-state index in [-0.39, 0.29) is 5.92 Å². The minimum atomic E-state index is 0.289. The average molecular weight is 267 g/mol. The Kier molecular flexibility index (Phi) is 6.05. The first-order valence-electron chi connectivity index (χ1n) is 7.39. The second-order valence-corrected chi connectivity index (χ2v) is 8.27. The highest BCUT2D eigenvalue weighted by atomic mass is 32.2. The fraction of sp³-hybridized carbons (Fsp3) is 0.938. The van der Waals surface area contributed by atoms with Gasteiger partial charge in [-0.05, 0) is 42.3 Å². The van der Waals surface area contributed by atoms with Crippen LogP contribution in [0.2, 0.25) is 0 Å². The summed E-state index contributed by atoms with van der Waals surface area (Å²) in [6.07, 6.45) is 4.83. The van der Waals surface area contributed by atoms with Crippen molar-refractivity contribution in [2.45, 2.75) is 65.6 Å². The first-order chi connectivity index (χ1) is 8.38. The van der Waals surface area contributed by atoms with Gasteiger partial charge < -0.3 is 0 Å². The summed E-state index contributed by atoms with van der Waals surface area (Å²) in [6, 6.07) is 2.55. The third-order valence-electron chi connectivity index (χ3n) is 4.47. The van der Waals surface area contributed by atoms with Crippen LogP contribution in [0, 0.1) is 34.5 Å². The van der Waals surface area contributed by atoms with Gasteiger partial charge in [0.15, 0.2) is 0 Å². The zero-order chi connectivity index (χ0) is 13.8. The van der Waals surface area contributed by atoms with E-state index in [2.05, 4.69) is 52.4 Å². The lowest BCUT2D eigenvalue weighted by atomic mass is 9.70. The molecule has 0 amide bonds. The zero-order valence-corrected chi connectivity index (χ0v) is 13.5. The molecular formula is C16H29NS. The molecule has 0 spiro atoms. The number of hydrogen-bond acceptors (Lipinski definition) is 2. The molecule has 1 aliphatic carbocycles. The molecule has 1 rings (SSSR count). The molecule has 2 heteroatoms. The van der Waals surface area contributed by atoms with Crippen molar-refractivity contribution in [3.8, 4) is 6.07 Å². The van der Waals surface area contributed by atoms with Crippen molar-refractivity contribution in [1.82, 2.24) is 0 Å². The van der Waals surface area contributed by atoms with Crippen molar-refractivity contribution in [1.29, 1.82) is 5.26 Å². The first-order valence-corrected chi connectivity index (χ1v) is 8.44. The second kappa shape index (κ2) is 6.85. The van der Waals surface area contributed by atoms with Gasteiger partial charge in [0.2, 0.25) is 0 Å². The molecule has 1 nitrogen and oxygen atoms in total. The molecule has 1 fully saturated rings. The lowest BCUT2D eigenvalue weighted by Gasteiger charge is -2.39. The molecule has 0 N–H and O–H groups in total. The second-order valence-electron chi connectivity index (χ2n) is 7.00. The maximum atomic E-state index is 9.31. The Bertz CT molecular complexity index is 286. The van der Waals surface area contributed by atoms with Crippen molar-refractivity contribution >= 4 is 11.8 Å². The molecule has 0 saturated heterocycles. The molecule has 0 aromatic carbocycles. The minimum absolute atomic E-state index is 0.289. The molecule has 1 aliphatic rings. The maximum Gasteiger partial charge on any atom is 0.0667 e. The fourth-order valence-electron chi connectivity index (χ4n) is 2.65. The van der Waals surface area contributed by atoms with Crippen LogP contribution in [-0.2, 0) is 0 Å². The van der Waals surface area contributed by atoms with Gasteiger partial charge in [0, 0.05) is 5.25 Å². The molecule has 0 heterocycles. The lowest BCUT2D eigenvalue weighted by Crippen LogP contribution is -2.33. The molecule has 0 aromatic heterocycles. The van der Waals surface area contributed by atoms with Crippen LogP contribution in [0.1, 0.15) is 60.3 Å². The van der Waals surface area contributed by atoms with Crippen LogP contribution in [0.5, 0.6) is 0 Å². The molecule has 18 heavy (non-hydrogen) atoms. The molecule has 0 radical (unpaired) electrons. The molecule has 4 atom stereocenters. The van der Waals surface area contributed by atoms with Crippen molar-refractivity contribution in [2.75, 3.05) is 5.75 Å². The lowest BCUT2D eigenvalue weighted by molar-refractivity contribution is 0.169. The predicted molar refractivity (Wildman–Crippen MR) is 81.6 cm³/mol. The monoisotopic (exact) mass is 267 g/mol. The van der Waals surface area contributed by atoms with Crippen LogP contribution in [0.3, 0.4) is 0 Å². The molecule has 1 saturated carbocycles. The summed E-state index contributed by atoms with van der Waals surface area (Å²) in [5.74, 6) is 3.08. The quantitative estimate of drug-likeness (QED) is 0.706. The van der Waals surface area contributed by atoms with Crippen LogP contribution < -0.4 is 0 Å². The van der Waals surface area contributed by atoms with Crippen molar-refractivity contribution < 1.29 is 0 Å². The van der Waals surface area contributed by atoms with Crippen molar-refractivity contribution in [2.24, 2.45) is 23.2 Å². The third kappa shape index (κ3) is 4.50. The van der Waals surface area contributed by atoms with E-state index in [4.69, 9.17) is 0 Å². The summed E-state index contributed by atoms with van der Waals surface area (Å²) in [7, 11) is 0. The van der Waals surface area contributed by atoms with Gasteiger partial charge in [-0.3, -0.25) is 0 Å². The van der Waals surface area contributed by atoms with Gasteiger partial charge in [0.05, 0.1) is 12.0 Å². The van der Waals surface area contributed by atoms with E-state index in [1.807, 2.05) is 0 Å². The molecule has 4 unspecified atom stereocenters. The highest BCUT2D eigenvalue weighted by Gasteiger charge is 2.36. The first kappa shape index (κ1) is 15.9. The fourth-order valence-corrected chi connectivity index (χ4v) is 4.26. The van der Waals surface area contributed by atoms with Gasteiger partial charge in [-0.15, -0.1) is 0 Å². The molecule has 104 valence electrons. The van der Waals surface area contributed by atoms with E-state index < -0.39 is 0 Å². The molecule has 0 bridgehead atoms. The van der Waals surface area contributed by atoms with E-state index in [1.54, 1.807) is 0 Å². The Labute approximate surface area is 118 Å². The van der Waals surface area contributed by atoms with Crippen LogP contribution in [0.25, 0.3) is 0 Å². The minimum Gasteiger partial charge on any atom is -0.198 e. The largest absolute Gasteiger partial charge is 0.198 e. The van der Waals surface area contributed by atoms with E-state index in [1.165, 1.54) is 25.0 Å². The van der Waals surface area contributed by atoms with E-state index in [9.17, 15) is 5.26 Å². The van der Waals surface area contributed by atoms with Gasteiger partial charge in [-0.1, -0.05) is 41.0 Å². The number of nitriles is 1. The van der Waals surface area contributed by atoms with E-state index in [0.717, 1.165) is 18.3 Å².